The second kappa shape index (κ2) is 15.5. The third-order valence-electron chi connectivity index (χ3n) is 7.27. The molecule has 1 unspecified atom stereocenters. The number of fused-ring (bicyclic) bond motifs is 1. The Balaban J connectivity index is 1.96. The van der Waals surface area contributed by atoms with Crippen molar-refractivity contribution in [3.8, 4) is 0 Å². The van der Waals surface area contributed by atoms with Crippen molar-refractivity contribution in [1.82, 2.24) is 14.9 Å². The first kappa shape index (κ1) is 37.2. The number of esters is 1. The fourth-order valence-corrected chi connectivity index (χ4v) is 7.74. The molecule has 0 aromatic heterocycles. The van der Waals surface area contributed by atoms with Gasteiger partial charge in [-0.2, -0.15) is 4.72 Å². The summed E-state index contributed by atoms with van der Waals surface area (Å²) in [7, 11) is -8.76. The number of aryl methyl sites for hydroxylation is 1. The second-order valence-electron chi connectivity index (χ2n) is 11.3. The molecule has 0 radical (unpaired) electrons. The van der Waals surface area contributed by atoms with Crippen molar-refractivity contribution in [2.24, 2.45) is 11.1 Å². The number of carbonyl (C=O) groups is 3. The summed E-state index contributed by atoms with van der Waals surface area (Å²) >= 11 is 6.13. The lowest BCUT2D eigenvalue weighted by Gasteiger charge is -2.41. The average Bonchev–Trinajstić information content (AvgIpc) is 2.95. The average molecular weight is 702 g/mol. The first-order chi connectivity index (χ1) is 21.4. The predicted octanol–water partition coefficient (Wildman–Crippen LogP) is 1.89. The van der Waals surface area contributed by atoms with Crippen LogP contribution in [-0.2, 0) is 45.6 Å². The summed E-state index contributed by atoms with van der Waals surface area (Å²) in [5, 5.41) is 20.6. The maximum Gasteiger partial charge on any atom is 0.323 e. The molecule has 1 heterocycles. The SMILES string of the molecule is CCOC(=O)[C@H](CCc1ccccc1)N[C@@H](C)C(=O)N(CC(=O)O)[C@H](CC(C)C)C1Nc2cc(Cl)c(S(N)(=O)=O)cc2S(=O)(=O)N1. The van der Waals surface area contributed by atoms with E-state index in [9.17, 15) is 36.3 Å². The number of anilines is 1. The molecule has 46 heavy (non-hydrogen) atoms. The second-order valence-corrected chi connectivity index (χ2v) is 15.0. The molecule has 0 saturated carbocycles. The van der Waals surface area contributed by atoms with Crippen LogP contribution in [0, 0.1) is 5.92 Å². The van der Waals surface area contributed by atoms with E-state index in [0.717, 1.165) is 22.6 Å². The summed E-state index contributed by atoms with van der Waals surface area (Å²) in [4.78, 5) is 38.9. The smallest absolute Gasteiger partial charge is 0.323 e. The minimum absolute atomic E-state index is 0.0629. The van der Waals surface area contributed by atoms with Crippen molar-refractivity contribution in [3.05, 3.63) is 53.1 Å². The van der Waals surface area contributed by atoms with Gasteiger partial charge < -0.3 is 20.1 Å². The van der Waals surface area contributed by atoms with Gasteiger partial charge in [-0.05, 0) is 56.7 Å². The molecule has 254 valence electrons. The Bertz CT molecular complexity index is 1640. The minimum Gasteiger partial charge on any atom is -0.480 e. The fourth-order valence-electron chi connectivity index (χ4n) is 5.21. The highest BCUT2D eigenvalue weighted by Gasteiger charge is 2.41. The van der Waals surface area contributed by atoms with Crippen molar-refractivity contribution >= 4 is 55.2 Å². The summed E-state index contributed by atoms with van der Waals surface area (Å²) < 4.78 is 58.3. The topological polar surface area (TPSA) is 214 Å². The lowest BCUT2D eigenvalue weighted by atomic mass is 9.98. The summed E-state index contributed by atoms with van der Waals surface area (Å²) in [6, 6.07) is 8.29. The number of halogens is 1. The normalized spacial score (nSPS) is 17.7. The zero-order valence-corrected chi connectivity index (χ0v) is 28.3. The number of amides is 1. The van der Waals surface area contributed by atoms with Crippen LogP contribution in [0.4, 0.5) is 5.69 Å². The molecule has 0 bridgehead atoms. The van der Waals surface area contributed by atoms with Crippen LogP contribution in [0.25, 0.3) is 0 Å². The number of carboxylic acids is 1. The molecule has 0 aliphatic carbocycles. The highest BCUT2D eigenvalue weighted by atomic mass is 35.5. The Labute approximate surface area is 274 Å². The summed E-state index contributed by atoms with van der Waals surface area (Å²) in [6.07, 6.45) is -0.308. The molecular weight excluding hydrogens is 662 g/mol. The molecule has 3 rings (SSSR count). The zero-order chi connectivity index (χ0) is 34.4. The van der Waals surface area contributed by atoms with Crippen molar-refractivity contribution in [1.29, 1.82) is 0 Å². The fraction of sp³-hybridized carbons (Fsp3) is 0.483. The van der Waals surface area contributed by atoms with Gasteiger partial charge in [0.1, 0.15) is 28.5 Å². The van der Waals surface area contributed by atoms with Gasteiger partial charge in [-0.1, -0.05) is 55.8 Å². The number of benzene rings is 2. The molecule has 0 fully saturated rings. The number of ether oxygens (including phenoxy) is 1. The highest BCUT2D eigenvalue weighted by molar-refractivity contribution is 7.90. The Kier molecular flexibility index (Phi) is 12.6. The number of sulfonamides is 2. The third-order valence-corrected chi connectivity index (χ3v) is 10.1. The number of nitrogens with zero attached hydrogens (tertiary/aromatic N) is 1. The van der Waals surface area contributed by atoms with Gasteiger partial charge in [0, 0.05) is 0 Å². The van der Waals surface area contributed by atoms with Crippen LogP contribution in [0.2, 0.25) is 5.02 Å². The van der Waals surface area contributed by atoms with Crippen molar-refractivity contribution in [3.63, 3.8) is 0 Å². The van der Waals surface area contributed by atoms with E-state index < -0.39 is 78.5 Å². The van der Waals surface area contributed by atoms with E-state index in [4.69, 9.17) is 21.5 Å². The third kappa shape index (κ3) is 9.62. The van der Waals surface area contributed by atoms with Crippen LogP contribution in [0.1, 0.15) is 46.1 Å². The maximum absolute atomic E-state index is 14.0. The van der Waals surface area contributed by atoms with E-state index in [1.807, 2.05) is 44.2 Å². The van der Waals surface area contributed by atoms with Crippen molar-refractivity contribution in [2.45, 2.75) is 81.0 Å². The number of hydrogen-bond acceptors (Lipinski definition) is 10. The Morgan fingerprint density at radius 2 is 1.80 bits per heavy atom. The Hall–Kier alpha value is -3.28. The quantitative estimate of drug-likeness (QED) is 0.169. The van der Waals surface area contributed by atoms with Gasteiger partial charge >= 0.3 is 11.9 Å². The molecule has 17 heteroatoms. The van der Waals surface area contributed by atoms with Gasteiger partial charge in [0.2, 0.25) is 26.0 Å². The number of primary sulfonamides is 1. The molecule has 1 aliphatic rings. The Morgan fingerprint density at radius 1 is 1.15 bits per heavy atom. The molecule has 2 aromatic rings. The number of nitrogens with one attached hydrogen (secondary N) is 3. The van der Waals surface area contributed by atoms with Crippen LogP contribution < -0.4 is 20.5 Å². The van der Waals surface area contributed by atoms with E-state index in [1.54, 1.807) is 6.92 Å². The standard InChI is InChI=1S/C29H40ClN5O9S2/c1-5-44-29(39)21(12-11-19-9-7-6-8-10-19)32-18(4)28(38)35(16-26(36)37)23(13-17(2)3)27-33-22-14-20(30)24(45(31,40)41)15-25(22)46(42,43)34-27/h6-10,14-15,17-18,21,23,27,32-34H,5,11-13,16H2,1-4H3,(H,36,37)(H2,31,40,41)/t18-,21-,23+,27?/m0/s1. The van der Waals surface area contributed by atoms with Gasteiger partial charge in [0.05, 0.1) is 29.4 Å². The summed E-state index contributed by atoms with van der Waals surface area (Å²) in [6.45, 7) is 6.11. The van der Waals surface area contributed by atoms with Crippen molar-refractivity contribution < 1.29 is 41.1 Å². The van der Waals surface area contributed by atoms with E-state index in [0.29, 0.717) is 6.42 Å². The van der Waals surface area contributed by atoms with Gasteiger partial charge in [-0.15, -0.1) is 0 Å². The predicted molar refractivity (Wildman–Crippen MR) is 171 cm³/mol. The summed E-state index contributed by atoms with van der Waals surface area (Å²) in [5.74, 6) is -2.76. The Morgan fingerprint density at radius 3 is 2.37 bits per heavy atom. The highest BCUT2D eigenvalue weighted by Crippen LogP contribution is 2.35. The number of rotatable bonds is 15. The minimum atomic E-state index is -4.40. The maximum atomic E-state index is 14.0. The van der Waals surface area contributed by atoms with Gasteiger partial charge in [0.15, 0.2) is 0 Å². The molecular formula is C29H40ClN5O9S2. The molecule has 6 N–H and O–H groups in total. The van der Waals surface area contributed by atoms with Gasteiger partial charge in [-0.25, -0.2) is 22.0 Å². The van der Waals surface area contributed by atoms with Crippen LogP contribution in [0.5, 0.6) is 0 Å². The van der Waals surface area contributed by atoms with Crippen LogP contribution in [0.3, 0.4) is 0 Å². The number of nitrogens with two attached hydrogens (primary N) is 1. The van der Waals surface area contributed by atoms with E-state index in [-0.39, 0.29) is 36.1 Å². The van der Waals surface area contributed by atoms with Gasteiger partial charge in [-0.3, -0.25) is 19.7 Å². The van der Waals surface area contributed by atoms with Gasteiger partial charge in [0.25, 0.3) is 0 Å². The number of carboxylic acid groups (broad SMARTS) is 1. The monoisotopic (exact) mass is 701 g/mol. The molecule has 1 aliphatic heterocycles. The zero-order valence-electron chi connectivity index (χ0n) is 25.9. The molecule has 14 nitrogen and oxygen atoms in total. The first-order valence-corrected chi connectivity index (χ1v) is 18.0. The lowest BCUT2D eigenvalue weighted by Crippen LogP contribution is -2.62. The summed E-state index contributed by atoms with van der Waals surface area (Å²) in [5.41, 5.74) is 0.904. The molecule has 1 amide bonds. The molecule has 0 spiro atoms. The molecule has 4 atom stereocenters. The van der Waals surface area contributed by atoms with Crippen LogP contribution >= 0.6 is 11.6 Å². The van der Waals surface area contributed by atoms with E-state index in [1.165, 1.54) is 6.92 Å². The van der Waals surface area contributed by atoms with Crippen LogP contribution in [0.15, 0.2) is 52.3 Å². The van der Waals surface area contributed by atoms with Crippen molar-refractivity contribution in [2.75, 3.05) is 18.5 Å². The van der Waals surface area contributed by atoms with Crippen LogP contribution in [-0.4, -0.2) is 82.1 Å². The lowest BCUT2D eigenvalue weighted by molar-refractivity contribution is -0.149. The molecule has 0 saturated heterocycles. The number of carbonyl (C=O) groups excluding carboxylic acids is 2. The first-order valence-electron chi connectivity index (χ1n) is 14.6. The number of hydrogen-bond donors (Lipinski definition) is 5. The molecule has 2 aromatic carbocycles. The number of aliphatic carboxylic acids is 1. The largest absolute Gasteiger partial charge is 0.480 e. The van der Waals surface area contributed by atoms with E-state index in [2.05, 4.69) is 15.4 Å². The van der Waals surface area contributed by atoms with E-state index >= 15 is 0 Å².